The van der Waals surface area contributed by atoms with Gasteiger partial charge in [-0.3, -0.25) is 9.59 Å². The van der Waals surface area contributed by atoms with Crippen LogP contribution >= 0.6 is 0 Å². The number of carbonyl (C=O) groups is 2. The highest BCUT2D eigenvalue weighted by Crippen LogP contribution is 2.34. The topological polar surface area (TPSA) is 188 Å². The molecule has 1 aliphatic heterocycles. The fourth-order valence-electron chi connectivity index (χ4n) is 3.70. The third-order valence-electron chi connectivity index (χ3n) is 5.51. The van der Waals surface area contributed by atoms with Gasteiger partial charge in [0.25, 0.3) is 0 Å². The van der Waals surface area contributed by atoms with Gasteiger partial charge in [0.1, 0.15) is 16.4 Å². The highest BCUT2D eigenvalue weighted by Gasteiger charge is 2.32. The van der Waals surface area contributed by atoms with Crippen molar-refractivity contribution in [3.8, 4) is 11.5 Å². The fourth-order valence-corrected chi connectivity index (χ4v) is 5.15. The second-order valence-electron chi connectivity index (χ2n) is 8.31. The van der Waals surface area contributed by atoms with Crippen molar-refractivity contribution in [1.82, 2.24) is 9.62 Å². The van der Waals surface area contributed by atoms with Gasteiger partial charge in [0.2, 0.25) is 21.8 Å². The highest BCUT2D eigenvalue weighted by atomic mass is 32.2. The summed E-state index contributed by atoms with van der Waals surface area (Å²) in [5.41, 5.74) is 13.1. The third kappa shape index (κ3) is 5.95. The molecule has 1 unspecified atom stereocenters. The molecule has 2 aromatic carbocycles. The van der Waals surface area contributed by atoms with Gasteiger partial charge in [-0.2, -0.15) is 4.31 Å². The van der Waals surface area contributed by atoms with Gasteiger partial charge in [0, 0.05) is 37.4 Å². The number of hydrogen-bond acceptors (Lipinski definition) is 8. The molecule has 0 saturated carbocycles. The van der Waals surface area contributed by atoms with E-state index in [0.29, 0.717) is 13.0 Å². The lowest BCUT2D eigenvalue weighted by Gasteiger charge is -2.17. The molecule has 0 radical (unpaired) electrons. The van der Waals surface area contributed by atoms with Crippen molar-refractivity contribution in [1.29, 1.82) is 0 Å². The summed E-state index contributed by atoms with van der Waals surface area (Å²) >= 11 is 0. The summed E-state index contributed by atoms with van der Waals surface area (Å²) in [6, 6.07) is 7.98. The monoisotopic (exact) mass is 491 g/mol. The predicted octanol–water partition coefficient (Wildman–Crippen LogP) is 0.312. The Labute approximate surface area is 197 Å². The summed E-state index contributed by atoms with van der Waals surface area (Å²) in [5.74, 6) is -1.81. The molecule has 0 saturated heterocycles. The second-order valence-corrected chi connectivity index (χ2v) is 10.2. The lowest BCUT2D eigenvalue weighted by atomic mass is 10.1. The van der Waals surface area contributed by atoms with Crippen LogP contribution in [0.3, 0.4) is 0 Å². The number of phenols is 2. The second kappa shape index (κ2) is 10.3. The zero-order chi connectivity index (χ0) is 25.0. The van der Waals surface area contributed by atoms with E-state index in [4.69, 9.17) is 11.5 Å². The van der Waals surface area contributed by atoms with Crippen molar-refractivity contribution < 1.29 is 28.2 Å². The van der Waals surface area contributed by atoms with E-state index in [1.807, 2.05) is 25.1 Å². The average molecular weight is 492 g/mol. The van der Waals surface area contributed by atoms with Crippen LogP contribution in [0.5, 0.6) is 11.5 Å². The Balaban J connectivity index is 1.57. The first-order valence-corrected chi connectivity index (χ1v) is 12.1. The number of amides is 2. The number of sulfonamides is 1. The number of carbonyl (C=O) groups excluding carboxylic acids is 2. The molecular weight excluding hydrogens is 462 g/mol. The van der Waals surface area contributed by atoms with Crippen LogP contribution in [0.15, 0.2) is 41.3 Å². The van der Waals surface area contributed by atoms with Crippen LogP contribution in [-0.4, -0.2) is 53.4 Å². The van der Waals surface area contributed by atoms with Crippen LogP contribution in [0, 0.1) is 0 Å². The van der Waals surface area contributed by atoms with Crippen molar-refractivity contribution in [2.45, 2.75) is 49.8 Å². The molecule has 0 bridgehead atoms. The Morgan fingerprint density at radius 3 is 2.50 bits per heavy atom. The van der Waals surface area contributed by atoms with Gasteiger partial charge in [0.05, 0.1) is 12.5 Å². The van der Waals surface area contributed by atoms with E-state index in [2.05, 4.69) is 10.6 Å². The maximum atomic E-state index is 13.0. The molecule has 0 aliphatic carbocycles. The third-order valence-corrected chi connectivity index (χ3v) is 7.35. The highest BCUT2D eigenvalue weighted by molar-refractivity contribution is 7.89. The number of rotatable bonds is 10. The summed E-state index contributed by atoms with van der Waals surface area (Å²) in [6.07, 6.45) is 0.376. The normalized spacial score (nSPS) is 15.4. The SMILES string of the molecule is CC(CCNC(=O)[C@H](N)CC(N)=O)Nc1ccc2c(c1)CN(S(=O)(=O)c1ccc(O)cc1O)C2. The first kappa shape index (κ1) is 25.3. The molecule has 12 heteroatoms. The van der Waals surface area contributed by atoms with E-state index in [0.717, 1.165) is 22.9 Å². The minimum atomic E-state index is -3.95. The number of primary amides is 1. The van der Waals surface area contributed by atoms with Crippen LogP contribution < -0.4 is 22.1 Å². The largest absolute Gasteiger partial charge is 0.508 e. The van der Waals surface area contributed by atoms with E-state index in [1.54, 1.807) is 0 Å². The van der Waals surface area contributed by atoms with E-state index >= 15 is 0 Å². The maximum Gasteiger partial charge on any atom is 0.247 e. The number of phenolic OH excluding ortho intramolecular Hbond substituents is 2. The Morgan fingerprint density at radius 1 is 1.12 bits per heavy atom. The van der Waals surface area contributed by atoms with Crippen LogP contribution in [-0.2, 0) is 32.7 Å². The minimum absolute atomic E-state index is 0.0131. The van der Waals surface area contributed by atoms with Gasteiger partial charge >= 0.3 is 0 Å². The summed E-state index contributed by atoms with van der Waals surface area (Å²) in [4.78, 5) is 22.4. The van der Waals surface area contributed by atoms with Gasteiger partial charge in [-0.05, 0) is 48.7 Å². The van der Waals surface area contributed by atoms with E-state index < -0.39 is 33.6 Å². The number of hydrogen-bond donors (Lipinski definition) is 6. The fraction of sp³-hybridized carbons (Fsp3) is 0.364. The molecule has 2 aromatic rings. The van der Waals surface area contributed by atoms with E-state index in [9.17, 15) is 28.2 Å². The van der Waals surface area contributed by atoms with Gasteiger partial charge in [-0.1, -0.05) is 6.07 Å². The zero-order valence-corrected chi connectivity index (χ0v) is 19.5. The van der Waals surface area contributed by atoms with Crippen LogP contribution in [0.2, 0.25) is 0 Å². The van der Waals surface area contributed by atoms with Crippen LogP contribution in [0.1, 0.15) is 30.9 Å². The van der Waals surface area contributed by atoms with E-state index in [-0.39, 0.29) is 36.2 Å². The lowest BCUT2D eigenvalue weighted by molar-refractivity contribution is -0.126. The lowest BCUT2D eigenvalue weighted by Crippen LogP contribution is -2.43. The number of nitrogens with one attached hydrogen (secondary N) is 2. The summed E-state index contributed by atoms with van der Waals surface area (Å²) in [5, 5.41) is 25.4. The Hall–Kier alpha value is -3.35. The number of nitrogens with zero attached hydrogens (tertiary/aromatic N) is 1. The van der Waals surface area contributed by atoms with Gasteiger partial charge in [-0.25, -0.2) is 8.42 Å². The first-order chi connectivity index (χ1) is 16.0. The van der Waals surface area contributed by atoms with Crippen molar-refractivity contribution in [2.24, 2.45) is 11.5 Å². The van der Waals surface area contributed by atoms with Crippen LogP contribution in [0.25, 0.3) is 0 Å². The zero-order valence-electron chi connectivity index (χ0n) is 18.7. The summed E-state index contributed by atoms with van der Waals surface area (Å²) < 4.78 is 27.2. The molecule has 2 atom stereocenters. The molecule has 0 fully saturated rings. The van der Waals surface area contributed by atoms with Gasteiger partial charge in [0.15, 0.2) is 0 Å². The molecule has 1 aliphatic rings. The standard InChI is InChI=1S/C22H29N5O6S/c1-13(6-7-25-22(31)18(23)10-21(24)30)26-16-3-2-14-11-27(12-15(14)8-16)34(32,33)20-5-4-17(28)9-19(20)29/h2-5,8-9,13,18,26,28-29H,6-7,10-12,23H2,1H3,(H2,24,30)(H,25,31)/t13?,18-/m1/s1. The first-order valence-electron chi connectivity index (χ1n) is 10.7. The minimum Gasteiger partial charge on any atom is -0.508 e. The molecule has 8 N–H and O–H groups in total. The van der Waals surface area contributed by atoms with Crippen LogP contribution in [0.4, 0.5) is 5.69 Å². The number of nitrogens with two attached hydrogens (primary N) is 2. The molecule has 3 rings (SSSR count). The molecule has 184 valence electrons. The molecule has 2 amide bonds. The quantitative estimate of drug-likeness (QED) is 0.274. The smallest absolute Gasteiger partial charge is 0.247 e. The Bertz CT molecular complexity index is 1190. The van der Waals surface area contributed by atoms with Gasteiger partial charge < -0.3 is 32.3 Å². The van der Waals surface area contributed by atoms with Crippen molar-refractivity contribution in [2.75, 3.05) is 11.9 Å². The maximum absolute atomic E-state index is 13.0. The summed E-state index contributed by atoms with van der Waals surface area (Å²) in [7, 11) is -3.95. The molecule has 34 heavy (non-hydrogen) atoms. The molecule has 0 aromatic heterocycles. The average Bonchev–Trinajstić information content (AvgIpc) is 3.17. The van der Waals surface area contributed by atoms with E-state index in [1.165, 1.54) is 16.4 Å². The molecule has 11 nitrogen and oxygen atoms in total. The number of aromatic hydroxyl groups is 2. The molecule has 0 spiro atoms. The van der Waals surface area contributed by atoms with Crippen molar-refractivity contribution in [3.05, 3.63) is 47.5 Å². The number of benzene rings is 2. The van der Waals surface area contributed by atoms with Gasteiger partial charge in [-0.15, -0.1) is 0 Å². The van der Waals surface area contributed by atoms with Crippen molar-refractivity contribution >= 4 is 27.5 Å². The molecule has 1 heterocycles. The molecular formula is C22H29N5O6S. The predicted molar refractivity (Wildman–Crippen MR) is 125 cm³/mol. The Morgan fingerprint density at radius 2 is 1.82 bits per heavy atom. The Kier molecular flexibility index (Phi) is 7.64. The number of fused-ring (bicyclic) bond motifs is 1. The van der Waals surface area contributed by atoms with Crippen molar-refractivity contribution in [3.63, 3.8) is 0 Å². The summed E-state index contributed by atoms with van der Waals surface area (Å²) in [6.45, 7) is 2.61. The number of anilines is 1.